The van der Waals surface area contributed by atoms with Crippen molar-refractivity contribution in [2.45, 2.75) is 20.0 Å². The van der Waals surface area contributed by atoms with Crippen molar-refractivity contribution in [3.05, 3.63) is 30.5 Å². The number of aryl methyl sites for hydroxylation is 1. The van der Waals surface area contributed by atoms with Crippen LogP contribution >= 0.6 is 0 Å². The molecular formula is C9H13N5. The lowest BCUT2D eigenvalue weighted by atomic mass is 10.5. The number of nitrogens with zero attached hydrogens (tertiary/aromatic N) is 4. The largest absolute Gasteiger partial charge is 0.384 e. The fraction of sp³-hybridized carbons (Fsp3) is 0.333. The van der Waals surface area contributed by atoms with Crippen LogP contribution in [0.15, 0.2) is 24.7 Å². The van der Waals surface area contributed by atoms with Crippen LogP contribution in [0.1, 0.15) is 12.7 Å². The van der Waals surface area contributed by atoms with Gasteiger partial charge in [0.1, 0.15) is 18.2 Å². The van der Waals surface area contributed by atoms with Crippen LogP contribution in [-0.2, 0) is 13.1 Å². The lowest BCUT2D eigenvalue weighted by Gasteiger charge is -2.05. The van der Waals surface area contributed by atoms with E-state index < -0.39 is 0 Å². The molecule has 0 aliphatic rings. The first kappa shape index (κ1) is 8.80. The number of aromatic nitrogens is 4. The van der Waals surface area contributed by atoms with E-state index in [-0.39, 0.29) is 0 Å². The van der Waals surface area contributed by atoms with Gasteiger partial charge in [0, 0.05) is 18.9 Å². The summed E-state index contributed by atoms with van der Waals surface area (Å²) in [6, 6.07) is 1.78. The molecular weight excluding hydrogens is 178 g/mol. The first-order valence-corrected chi connectivity index (χ1v) is 4.58. The van der Waals surface area contributed by atoms with E-state index in [2.05, 4.69) is 21.6 Å². The number of hydrogen-bond acceptors (Lipinski definition) is 3. The van der Waals surface area contributed by atoms with E-state index in [0.717, 1.165) is 12.4 Å². The van der Waals surface area contributed by atoms with Gasteiger partial charge in [-0.3, -0.25) is 0 Å². The molecule has 0 atom stereocenters. The van der Waals surface area contributed by atoms with Crippen molar-refractivity contribution in [2.75, 3.05) is 5.73 Å². The zero-order chi connectivity index (χ0) is 9.97. The number of imidazole rings is 1. The highest BCUT2D eigenvalue weighted by Gasteiger charge is 2.04. The average molecular weight is 191 g/mol. The molecule has 74 valence electrons. The maximum absolute atomic E-state index is 5.71. The van der Waals surface area contributed by atoms with Gasteiger partial charge in [0.2, 0.25) is 0 Å². The van der Waals surface area contributed by atoms with E-state index in [0.29, 0.717) is 12.4 Å². The Morgan fingerprint density at radius 3 is 2.93 bits per heavy atom. The molecule has 0 spiro atoms. The molecule has 0 aliphatic heterocycles. The molecule has 5 heteroatoms. The molecule has 0 unspecified atom stereocenters. The number of anilines is 1. The van der Waals surface area contributed by atoms with Gasteiger partial charge in [0.15, 0.2) is 0 Å². The highest BCUT2D eigenvalue weighted by molar-refractivity contribution is 5.26. The number of nitrogen functional groups attached to an aromatic ring is 1. The number of nitrogens with two attached hydrogens (primary N) is 1. The van der Waals surface area contributed by atoms with Crippen LogP contribution < -0.4 is 5.73 Å². The van der Waals surface area contributed by atoms with Gasteiger partial charge >= 0.3 is 0 Å². The van der Waals surface area contributed by atoms with Gasteiger partial charge < -0.3 is 10.3 Å². The van der Waals surface area contributed by atoms with Crippen molar-refractivity contribution in [1.82, 2.24) is 19.3 Å². The topological polar surface area (TPSA) is 61.7 Å². The molecule has 0 saturated heterocycles. The smallest absolute Gasteiger partial charge is 0.130 e. The minimum Gasteiger partial charge on any atom is -0.384 e. The van der Waals surface area contributed by atoms with Crippen LogP contribution in [0.25, 0.3) is 0 Å². The molecule has 0 amide bonds. The standard InChI is InChI=1S/C9H13N5/c1-2-13-6-5-11-9(13)7-14-8(10)3-4-12-14/h3-6H,2,7,10H2,1H3. The molecule has 0 radical (unpaired) electrons. The summed E-state index contributed by atoms with van der Waals surface area (Å²) in [7, 11) is 0. The second-order valence-electron chi connectivity index (χ2n) is 3.04. The highest BCUT2D eigenvalue weighted by Crippen LogP contribution is 2.05. The maximum atomic E-state index is 5.71. The highest BCUT2D eigenvalue weighted by atomic mass is 15.3. The lowest BCUT2D eigenvalue weighted by Crippen LogP contribution is -2.10. The van der Waals surface area contributed by atoms with Gasteiger partial charge in [-0.05, 0) is 13.0 Å². The van der Waals surface area contributed by atoms with Gasteiger partial charge in [0.25, 0.3) is 0 Å². The van der Waals surface area contributed by atoms with E-state index >= 15 is 0 Å². The Hall–Kier alpha value is -1.78. The predicted octanol–water partition coefficient (Wildman–Crippen LogP) is 0.730. The average Bonchev–Trinajstić information content (AvgIpc) is 2.77. The summed E-state index contributed by atoms with van der Waals surface area (Å²) >= 11 is 0. The molecule has 2 aromatic rings. The zero-order valence-corrected chi connectivity index (χ0v) is 8.09. The summed E-state index contributed by atoms with van der Waals surface area (Å²) in [6.45, 7) is 3.62. The van der Waals surface area contributed by atoms with Crippen LogP contribution in [0.5, 0.6) is 0 Å². The Bertz CT molecular complexity index is 414. The summed E-state index contributed by atoms with van der Waals surface area (Å²) in [6.07, 6.45) is 5.43. The Morgan fingerprint density at radius 1 is 1.43 bits per heavy atom. The molecule has 2 rings (SSSR count). The SMILES string of the molecule is CCn1ccnc1Cn1nccc1N. The minimum absolute atomic E-state index is 0.625. The van der Waals surface area contributed by atoms with Crippen LogP contribution in [-0.4, -0.2) is 19.3 Å². The number of rotatable bonds is 3. The van der Waals surface area contributed by atoms with Gasteiger partial charge in [-0.25, -0.2) is 9.67 Å². The molecule has 2 heterocycles. The predicted molar refractivity (Wildman–Crippen MR) is 53.6 cm³/mol. The normalized spacial score (nSPS) is 10.6. The summed E-state index contributed by atoms with van der Waals surface area (Å²) in [5.41, 5.74) is 5.71. The Morgan fingerprint density at radius 2 is 2.29 bits per heavy atom. The quantitative estimate of drug-likeness (QED) is 0.778. The fourth-order valence-corrected chi connectivity index (χ4v) is 1.39. The van der Waals surface area contributed by atoms with Crippen LogP contribution in [0.4, 0.5) is 5.82 Å². The monoisotopic (exact) mass is 191 g/mol. The molecule has 0 bridgehead atoms. The van der Waals surface area contributed by atoms with Crippen LogP contribution in [0, 0.1) is 0 Å². The first-order chi connectivity index (χ1) is 6.81. The van der Waals surface area contributed by atoms with Crippen LogP contribution in [0.3, 0.4) is 0 Å². The second-order valence-corrected chi connectivity index (χ2v) is 3.04. The van der Waals surface area contributed by atoms with Crippen molar-refractivity contribution < 1.29 is 0 Å². The van der Waals surface area contributed by atoms with E-state index in [1.165, 1.54) is 0 Å². The van der Waals surface area contributed by atoms with Gasteiger partial charge in [-0.2, -0.15) is 5.10 Å². The molecule has 2 aromatic heterocycles. The third kappa shape index (κ3) is 1.48. The molecule has 0 aromatic carbocycles. The van der Waals surface area contributed by atoms with Gasteiger partial charge in [-0.1, -0.05) is 0 Å². The van der Waals surface area contributed by atoms with Crippen molar-refractivity contribution >= 4 is 5.82 Å². The maximum Gasteiger partial charge on any atom is 0.130 e. The lowest BCUT2D eigenvalue weighted by molar-refractivity contribution is 0.613. The summed E-state index contributed by atoms with van der Waals surface area (Å²) in [4.78, 5) is 4.25. The van der Waals surface area contributed by atoms with Crippen molar-refractivity contribution in [3.8, 4) is 0 Å². The zero-order valence-electron chi connectivity index (χ0n) is 8.09. The Labute approximate surface area is 82.2 Å². The summed E-state index contributed by atoms with van der Waals surface area (Å²) in [5, 5.41) is 4.10. The van der Waals surface area contributed by atoms with E-state index in [9.17, 15) is 0 Å². The van der Waals surface area contributed by atoms with E-state index in [1.807, 2.05) is 6.20 Å². The molecule has 2 N–H and O–H groups in total. The summed E-state index contributed by atoms with van der Waals surface area (Å²) < 4.78 is 3.80. The van der Waals surface area contributed by atoms with Crippen molar-refractivity contribution in [3.63, 3.8) is 0 Å². The fourth-order valence-electron chi connectivity index (χ4n) is 1.39. The molecule has 14 heavy (non-hydrogen) atoms. The van der Waals surface area contributed by atoms with Crippen molar-refractivity contribution in [2.24, 2.45) is 0 Å². The molecule has 5 nitrogen and oxygen atoms in total. The first-order valence-electron chi connectivity index (χ1n) is 4.58. The van der Waals surface area contributed by atoms with Crippen molar-refractivity contribution in [1.29, 1.82) is 0 Å². The van der Waals surface area contributed by atoms with Crippen LogP contribution in [0.2, 0.25) is 0 Å². The summed E-state index contributed by atoms with van der Waals surface area (Å²) in [5.74, 6) is 1.64. The molecule has 0 fully saturated rings. The third-order valence-corrected chi connectivity index (χ3v) is 2.18. The van der Waals surface area contributed by atoms with Gasteiger partial charge in [-0.15, -0.1) is 0 Å². The number of hydrogen-bond donors (Lipinski definition) is 1. The van der Waals surface area contributed by atoms with E-state index in [1.54, 1.807) is 23.1 Å². The minimum atomic E-state index is 0.625. The van der Waals surface area contributed by atoms with E-state index in [4.69, 9.17) is 5.73 Å². The second kappa shape index (κ2) is 3.53. The molecule has 0 saturated carbocycles. The van der Waals surface area contributed by atoms with Gasteiger partial charge in [0.05, 0.1) is 6.20 Å². The Balaban J connectivity index is 2.22. The molecule has 0 aliphatic carbocycles. The third-order valence-electron chi connectivity index (χ3n) is 2.18. The Kier molecular flexibility index (Phi) is 2.22.